The summed E-state index contributed by atoms with van der Waals surface area (Å²) in [7, 11) is 0. The zero-order valence-corrected chi connectivity index (χ0v) is 12.8. The first-order chi connectivity index (χ1) is 8.90. The van der Waals surface area contributed by atoms with E-state index in [2.05, 4.69) is 13.8 Å². The van der Waals surface area contributed by atoms with Gasteiger partial charge in [-0.3, -0.25) is 4.79 Å². The van der Waals surface area contributed by atoms with Crippen LogP contribution in [0.15, 0.2) is 0 Å². The topological polar surface area (TPSA) is 72.5 Å². The predicted octanol–water partition coefficient (Wildman–Crippen LogP) is 3.33. The number of carboxylic acids is 1. The maximum absolute atomic E-state index is 10.8. The predicted molar refractivity (Wildman–Crippen MR) is 78.3 cm³/mol. The van der Waals surface area contributed by atoms with Gasteiger partial charge in [-0.15, -0.1) is 0 Å². The Kier molecular flexibility index (Phi) is 9.88. The summed E-state index contributed by atoms with van der Waals surface area (Å²) < 4.78 is 5.71. The second kappa shape index (κ2) is 10.2. The van der Waals surface area contributed by atoms with E-state index < -0.39 is 11.5 Å². The average Bonchev–Trinajstić information content (AvgIpc) is 2.34. The van der Waals surface area contributed by atoms with Gasteiger partial charge in [-0.2, -0.15) is 0 Å². The van der Waals surface area contributed by atoms with Gasteiger partial charge in [-0.1, -0.05) is 32.6 Å². The van der Waals surface area contributed by atoms with Crippen molar-refractivity contribution in [3.05, 3.63) is 0 Å². The number of rotatable bonds is 12. The smallest absolute Gasteiger partial charge is 0.323 e. The molecular weight excluding hydrogens is 242 g/mol. The summed E-state index contributed by atoms with van der Waals surface area (Å²) >= 11 is 0. The van der Waals surface area contributed by atoms with Crippen LogP contribution in [0.1, 0.15) is 72.1 Å². The highest BCUT2D eigenvalue weighted by molar-refractivity contribution is 5.77. The summed E-state index contributed by atoms with van der Waals surface area (Å²) in [6.45, 7) is 6.58. The molecule has 2 unspecified atom stereocenters. The van der Waals surface area contributed by atoms with E-state index in [1.165, 1.54) is 25.7 Å². The van der Waals surface area contributed by atoms with Crippen LogP contribution in [0.25, 0.3) is 0 Å². The van der Waals surface area contributed by atoms with Crippen LogP contribution in [0.3, 0.4) is 0 Å². The Morgan fingerprint density at radius 1 is 1.26 bits per heavy atom. The number of nitrogens with two attached hydrogens (primary N) is 1. The lowest BCUT2D eigenvalue weighted by Gasteiger charge is -2.19. The highest BCUT2D eigenvalue weighted by atomic mass is 16.5. The standard InChI is InChI=1S/C15H31NO3/c1-4-5-6-7-10-13(2)19-12-9-8-11-15(3,16)14(17)18/h13H,4-12,16H2,1-3H3,(H,17,18). The zero-order chi connectivity index (χ0) is 14.7. The Hall–Kier alpha value is -0.610. The Labute approximate surface area is 117 Å². The molecule has 0 aliphatic heterocycles. The summed E-state index contributed by atoms with van der Waals surface area (Å²) in [6, 6.07) is 0. The SMILES string of the molecule is CCCCCCC(C)OCCCCC(C)(N)C(=O)O. The van der Waals surface area contributed by atoms with Crippen LogP contribution in [0.2, 0.25) is 0 Å². The minimum Gasteiger partial charge on any atom is -0.480 e. The second-order valence-electron chi connectivity index (χ2n) is 5.71. The minimum atomic E-state index is -1.11. The molecule has 4 nitrogen and oxygen atoms in total. The van der Waals surface area contributed by atoms with Gasteiger partial charge in [0, 0.05) is 6.61 Å². The molecule has 0 saturated carbocycles. The van der Waals surface area contributed by atoms with Crippen LogP contribution < -0.4 is 5.73 Å². The molecule has 4 heteroatoms. The van der Waals surface area contributed by atoms with E-state index in [0.717, 1.165) is 19.3 Å². The first-order valence-electron chi connectivity index (χ1n) is 7.54. The van der Waals surface area contributed by atoms with Crippen molar-refractivity contribution in [2.75, 3.05) is 6.61 Å². The molecule has 19 heavy (non-hydrogen) atoms. The van der Waals surface area contributed by atoms with Crippen LogP contribution >= 0.6 is 0 Å². The van der Waals surface area contributed by atoms with Crippen LogP contribution in [-0.2, 0) is 9.53 Å². The van der Waals surface area contributed by atoms with E-state index in [4.69, 9.17) is 15.6 Å². The Morgan fingerprint density at radius 3 is 2.53 bits per heavy atom. The van der Waals surface area contributed by atoms with E-state index in [-0.39, 0.29) is 0 Å². The number of carbonyl (C=O) groups is 1. The lowest BCUT2D eigenvalue weighted by atomic mass is 9.96. The van der Waals surface area contributed by atoms with Crippen LogP contribution in [0.5, 0.6) is 0 Å². The third-order valence-electron chi connectivity index (χ3n) is 3.45. The van der Waals surface area contributed by atoms with Crippen molar-refractivity contribution in [1.82, 2.24) is 0 Å². The monoisotopic (exact) mass is 273 g/mol. The molecular formula is C15H31NO3. The molecule has 0 radical (unpaired) electrons. The van der Waals surface area contributed by atoms with E-state index >= 15 is 0 Å². The average molecular weight is 273 g/mol. The molecule has 0 bridgehead atoms. The highest BCUT2D eigenvalue weighted by Crippen LogP contribution is 2.12. The van der Waals surface area contributed by atoms with Gasteiger partial charge < -0.3 is 15.6 Å². The molecule has 0 spiro atoms. The first-order valence-corrected chi connectivity index (χ1v) is 7.54. The van der Waals surface area contributed by atoms with Gasteiger partial charge in [-0.25, -0.2) is 0 Å². The lowest BCUT2D eigenvalue weighted by Crippen LogP contribution is -2.44. The van der Waals surface area contributed by atoms with E-state index in [1.807, 2.05) is 0 Å². The summed E-state index contributed by atoms with van der Waals surface area (Å²) in [5, 5.41) is 8.87. The number of hydrogen-bond acceptors (Lipinski definition) is 3. The normalized spacial score (nSPS) is 16.0. The summed E-state index contributed by atoms with van der Waals surface area (Å²) in [6.07, 6.45) is 8.67. The molecule has 0 aliphatic rings. The molecule has 0 saturated heterocycles. The van der Waals surface area contributed by atoms with Gasteiger partial charge in [0.05, 0.1) is 6.10 Å². The Bertz CT molecular complexity index is 242. The molecule has 0 amide bonds. The van der Waals surface area contributed by atoms with Gasteiger partial charge in [0.25, 0.3) is 0 Å². The molecule has 0 aromatic rings. The Morgan fingerprint density at radius 2 is 1.95 bits per heavy atom. The van der Waals surface area contributed by atoms with Crippen LogP contribution in [0.4, 0.5) is 0 Å². The van der Waals surface area contributed by atoms with Crippen molar-refractivity contribution >= 4 is 5.97 Å². The fourth-order valence-corrected chi connectivity index (χ4v) is 1.93. The van der Waals surface area contributed by atoms with Gasteiger partial charge in [0.15, 0.2) is 0 Å². The molecule has 0 aliphatic carbocycles. The molecule has 0 aromatic heterocycles. The van der Waals surface area contributed by atoms with Crippen LogP contribution in [0, 0.1) is 0 Å². The van der Waals surface area contributed by atoms with Crippen molar-refractivity contribution in [2.24, 2.45) is 5.73 Å². The first kappa shape index (κ1) is 18.4. The Balaban J connectivity index is 3.46. The number of hydrogen-bond donors (Lipinski definition) is 2. The summed E-state index contributed by atoms with van der Waals surface area (Å²) in [5.74, 6) is -0.933. The molecule has 0 rings (SSSR count). The maximum Gasteiger partial charge on any atom is 0.323 e. The van der Waals surface area contributed by atoms with E-state index in [0.29, 0.717) is 19.1 Å². The minimum absolute atomic E-state index is 0.306. The van der Waals surface area contributed by atoms with Crippen molar-refractivity contribution in [2.45, 2.75) is 83.8 Å². The molecule has 0 aromatic carbocycles. The summed E-state index contributed by atoms with van der Waals surface area (Å²) in [5.41, 5.74) is 4.55. The van der Waals surface area contributed by atoms with Crippen molar-refractivity contribution < 1.29 is 14.6 Å². The van der Waals surface area contributed by atoms with Gasteiger partial charge >= 0.3 is 5.97 Å². The molecule has 3 N–H and O–H groups in total. The van der Waals surface area contributed by atoms with Gasteiger partial charge in [0.1, 0.15) is 5.54 Å². The third kappa shape index (κ3) is 9.91. The van der Waals surface area contributed by atoms with E-state index in [1.54, 1.807) is 6.92 Å². The fourth-order valence-electron chi connectivity index (χ4n) is 1.93. The van der Waals surface area contributed by atoms with E-state index in [9.17, 15) is 4.79 Å². The molecule has 0 heterocycles. The number of unbranched alkanes of at least 4 members (excludes halogenated alkanes) is 4. The maximum atomic E-state index is 10.8. The van der Waals surface area contributed by atoms with Crippen LogP contribution in [-0.4, -0.2) is 29.3 Å². The second-order valence-corrected chi connectivity index (χ2v) is 5.71. The quantitative estimate of drug-likeness (QED) is 0.535. The van der Waals surface area contributed by atoms with Gasteiger partial charge in [0.2, 0.25) is 0 Å². The third-order valence-corrected chi connectivity index (χ3v) is 3.45. The van der Waals surface area contributed by atoms with Crippen molar-refractivity contribution in [3.8, 4) is 0 Å². The molecule has 2 atom stereocenters. The zero-order valence-electron chi connectivity index (χ0n) is 12.8. The van der Waals surface area contributed by atoms with Gasteiger partial charge in [-0.05, 0) is 39.5 Å². The van der Waals surface area contributed by atoms with Crippen molar-refractivity contribution in [1.29, 1.82) is 0 Å². The van der Waals surface area contributed by atoms with Crippen molar-refractivity contribution in [3.63, 3.8) is 0 Å². The fraction of sp³-hybridized carbons (Fsp3) is 0.933. The lowest BCUT2D eigenvalue weighted by molar-refractivity contribution is -0.143. The number of ether oxygens (including phenoxy) is 1. The molecule has 0 fully saturated rings. The summed E-state index contributed by atoms with van der Waals surface area (Å²) in [4.78, 5) is 10.8. The molecule has 114 valence electrons. The number of aliphatic carboxylic acids is 1. The largest absolute Gasteiger partial charge is 0.480 e. The number of carboxylic acid groups (broad SMARTS) is 1. The highest BCUT2D eigenvalue weighted by Gasteiger charge is 2.26.